The van der Waals surface area contributed by atoms with Gasteiger partial charge in [-0.3, -0.25) is 0 Å². The van der Waals surface area contributed by atoms with E-state index in [1.807, 2.05) is 17.3 Å². The molecule has 0 saturated heterocycles. The van der Waals surface area contributed by atoms with Gasteiger partial charge in [-0.2, -0.15) is 0 Å². The van der Waals surface area contributed by atoms with Crippen molar-refractivity contribution in [2.24, 2.45) is 0 Å². The third kappa shape index (κ3) is 3.74. The van der Waals surface area contributed by atoms with E-state index < -0.39 is 0 Å². The molecule has 3 aromatic rings. The van der Waals surface area contributed by atoms with Crippen LogP contribution in [0.1, 0.15) is 31.9 Å². The van der Waals surface area contributed by atoms with E-state index in [1.54, 1.807) is 0 Å². The summed E-state index contributed by atoms with van der Waals surface area (Å²) in [5.41, 5.74) is 8.91. The van der Waals surface area contributed by atoms with Crippen molar-refractivity contribution in [3.8, 4) is 11.1 Å². The predicted molar refractivity (Wildman–Crippen MR) is 112 cm³/mol. The maximum atomic E-state index is 5.68. The zero-order valence-corrected chi connectivity index (χ0v) is 15.9. The summed E-state index contributed by atoms with van der Waals surface area (Å²) in [6, 6.07) is 27.3. The molecular weight excluding hydrogens is 332 g/mol. The van der Waals surface area contributed by atoms with Crippen molar-refractivity contribution in [2.75, 3.05) is 5.01 Å². The van der Waals surface area contributed by atoms with Gasteiger partial charge in [0.1, 0.15) is 0 Å². The lowest BCUT2D eigenvalue weighted by Crippen LogP contribution is -2.26. The molecule has 3 heteroatoms. The summed E-state index contributed by atoms with van der Waals surface area (Å²) in [4.78, 5) is 5.68. The highest BCUT2D eigenvalue weighted by molar-refractivity contribution is 5.69. The van der Waals surface area contributed by atoms with Gasteiger partial charge in [0.25, 0.3) is 0 Å². The van der Waals surface area contributed by atoms with E-state index in [4.69, 9.17) is 4.84 Å². The second-order valence-corrected chi connectivity index (χ2v) is 7.80. The summed E-state index contributed by atoms with van der Waals surface area (Å²) >= 11 is 0. The van der Waals surface area contributed by atoms with Crippen molar-refractivity contribution in [2.45, 2.75) is 26.2 Å². The van der Waals surface area contributed by atoms with Crippen molar-refractivity contribution in [1.82, 2.24) is 5.59 Å². The van der Waals surface area contributed by atoms with Crippen molar-refractivity contribution in [3.63, 3.8) is 0 Å². The molecule has 3 aromatic carbocycles. The minimum absolute atomic E-state index is 0.147. The number of hydrogen-bond donors (Lipinski definition) is 1. The zero-order valence-electron chi connectivity index (χ0n) is 15.9. The molecule has 136 valence electrons. The van der Waals surface area contributed by atoms with E-state index in [1.165, 1.54) is 16.7 Å². The highest BCUT2D eigenvalue weighted by Gasteiger charge is 2.18. The molecule has 3 nitrogen and oxygen atoms in total. The molecule has 27 heavy (non-hydrogen) atoms. The Hall–Kier alpha value is -3.04. The number of benzene rings is 3. The smallest absolute Gasteiger partial charge is 0.174 e. The lowest BCUT2D eigenvalue weighted by molar-refractivity contribution is 0.180. The van der Waals surface area contributed by atoms with Gasteiger partial charge in [-0.05, 0) is 34.2 Å². The third-order valence-electron chi connectivity index (χ3n) is 4.79. The van der Waals surface area contributed by atoms with Gasteiger partial charge in [0.2, 0.25) is 0 Å². The molecule has 0 saturated carbocycles. The lowest BCUT2D eigenvalue weighted by atomic mass is 9.86. The molecule has 1 N–H and O–H groups in total. The number of hydrazine groups is 1. The normalized spacial score (nSPS) is 14.0. The first-order valence-corrected chi connectivity index (χ1v) is 9.21. The van der Waals surface area contributed by atoms with E-state index in [-0.39, 0.29) is 5.41 Å². The monoisotopic (exact) mass is 356 g/mol. The minimum Gasteiger partial charge on any atom is -0.386 e. The van der Waals surface area contributed by atoms with E-state index >= 15 is 0 Å². The Balaban J connectivity index is 1.52. The van der Waals surface area contributed by atoms with Crippen LogP contribution in [-0.2, 0) is 10.3 Å². The van der Waals surface area contributed by atoms with Gasteiger partial charge >= 0.3 is 0 Å². The van der Waals surface area contributed by atoms with Gasteiger partial charge in [0.15, 0.2) is 5.76 Å². The molecule has 0 radical (unpaired) electrons. The number of rotatable bonds is 3. The Labute approximate surface area is 160 Å². The Morgan fingerprint density at radius 2 is 1.30 bits per heavy atom. The first-order valence-electron chi connectivity index (χ1n) is 9.21. The van der Waals surface area contributed by atoms with Crippen LogP contribution >= 0.6 is 0 Å². The Morgan fingerprint density at radius 1 is 0.704 bits per heavy atom. The second-order valence-electron chi connectivity index (χ2n) is 7.80. The van der Waals surface area contributed by atoms with Crippen LogP contribution in [0.4, 0.5) is 5.69 Å². The highest BCUT2D eigenvalue weighted by atomic mass is 16.7. The summed E-state index contributed by atoms with van der Waals surface area (Å²) in [6.45, 7) is 6.65. The van der Waals surface area contributed by atoms with E-state index in [0.29, 0.717) is 0 Å². The average molecular weight is 356 g/mol. The van der Waals surface area contributed by atoms with Crippen LogP contribution in [0.3, 0.4) is 0 Å². The average Bonchev–Trinajstić information content (AvgIpc) is 3.18. The largest absolute Gasteiger partial charge is 0.386 e. The molecule has 0 aromatic heterocycles. The van der Waals surface area contributed by atoms with Crippen molar-refractivity contribution >= 4 is 11.4 Å². The molecule has 0 bridgehead atoms. The van der Waals surface area contributed by atoms with Crippen LogP contribution in [0, 0.1) is 0 Å². The van der Waals surface area contributed by atoms with Crippen LogP contribution in [0.2, 0.25) is 0 Å². The van der Waals surface area contributed by atoms with Crippen LogP contribution in [0.5, 0.6) is 0 Å². The van der Waals surface area contributed by atoms with Gasteiger partial charge in [-0.1, -0.05) is 93.1 Å². The molecule has 0 atom stereocenters. The summed E-state index contributed by atoms with van der Waals surface area (Å²) in [5, 5.41) is 1.89. The lowest BCUT2D eigenvalue weighted by Gasteiger charge is -2.19. The fourth-order valence-corrected chi connectivity index (χ4v) is 3.11. The molecule has 0 spiro atoms. The fourth-order valence-electron chi connectivity index (χ4n) is 3.11. The molecule has 0 amide bonds. The zero-order chi connectivity index (χ0) is 18.9. The summed E-state index contributed by atoms with van der Waals surface area (Å²) in [5.74, 6) is 0.808. The number of nitrogens with one attached hydrogen (secondary N) is 1. The maximum absolute atomic E-state index is 5.68. The first-order chi connectivity index (χ1) is 13.0. The molecule has 1 heterocycles. The van der Waals surface area contributed by atoms with Crippen molar-refractivity contribution < 1.29 is 4.84 Å². The minimum atomic E-state index is 0.147. The number of anilines is 1. The molecule has 0 aliphatic carbocycles. The van der Waals surface area contributed by atoms with Gasteiger partial charge in [-0.25, -0.2) is 5.01 Å². The Bertz CT molecular complexity index is 936. The van der Waals surface area contributed by atoms with E-state index in [9.17, 15) is 0 Å². The summed E-state index contributed by atoms with van der Waals surface area (Å²) in [7, 11) is 0. The number of hydrogen-bond acceptors (Lipinski definition) is 3. The topological polar surface area (TPSA) is 24.5 Å². The van der Waals surface area contributed by atoms with E-state index in [0.717, 1.165) is 17.0 Å². The third-order valence-corrected chi connectivity index (χ3v) is 4.79. The maximum Gasteiger partial charge on any atom is 0.174 e. The van der Waals surface area contributed by atoms with Gasteiger partial charge in [-0.15, -0.1) is 0 Å². The molecule has 0 fully saturated rings. The predicted octanol–water partition coefficient (Wildman–Crippen LogP) is 5.91. The molecule has 4 rings (SSSR count). The van der Waals surface area contributed by atoms with E-state index in [2.05, 4.69) is 99.2 Å². The molecule has 1 aliphatic heterocycles. The first kappa shape index (κ1) is 17.4. The van der Waals surface area contributed by atoms with Crippen LogP contribution in [0.15, 0.2) is 85.1 Å². The second kappa shape index (κ2) is 6.93. The van der Waals surface area contributed by atoms with Crippen molar-refractivity contribution in [3.05, 3.63) is 96.2 Å². The molecule has 0 unspecified atom stereocenters. The Morgan fingerprint density at radius 3 is 1.93 bits per heavy atom. The standard InChI is InChI=1S/C24H24N2O/c1-24(2,3)21-13-9-20(10-14-21)23-17-26(25-27-23)22-15-11-19(12-16-22)18-7-5-4-6-8-18/h4-17,25H,1-3H3. The van der Waals surface area contributed by atoms with Crippen molar-refractivity contribution in [1.29, 1.82) is 0 Å². The van der Waals surface area contributed by atoms with Gasteiger partial charge in [0, 0.05) is 5.56 Å². The Kier molecular flexibility index (Phi) is 4.46. The number of nitrogens with zero attached hydrogens (tertiary/aromatic N) is 1. The van der Waals surface area contributed by atoms with Gasteiger partial charge in [0.05, 0.1) is 11.9 Å². The highest BCUT2D eigenvalue weighted by Crippen LogP contribution is 2.28. The quantitative estimate of drug-likeness (QED) is 0.632. The summed E-state index contributed by atoms with van der Waals surface area (Å²) < 4.78 is 0. The molecule has 1 aliphatic rings. The van der Waals surface area contributed by atoms with Crippen LogP contribution in [0.25, 0.3) is 16.9 Å². The van der Waals surface area contributed by atoms with Crippen LogP contribution < -0.4 is 10.6 Å². The SMILES string of the molecule is CC(C)(C)c1ccc(C2=CN(c3ccc(-c4ccccc4)cc3)NO2)cc1. The molecular formula is C24H24N2O. The van der Waals surface area contributed by atoms with Crippen LogP contribution in [-0.4, -0.2) is 0 Å². The summed E-state index contributed by atoms with van der Waals surface area (Å²) in [6.07, 6.45) is 1.98. The fraction of sp³-hybridized carbons (Fsp3) is 0.167. The van der Waals surface area contributed by atoms with Gasteiger partial charge < -0.3 is 4.84 Å².